The molecule has 8 heteroatoms. The van der Waals surface area contributed by atoms with Gasteiger partial charge in [0.2, 0.25) is 0 Å². The van der Waals surface area contributed by atoms with Gasteiger partial charge in [0.05, 0.1) is 18.6 Å². The molecule has 40 heavy (non-hydrogen) atoms. The molecule has 0 heterocycles. The number of carbonyl (C=O) groups is 2. The van der Waals surface area contributed by atoms with Crippen molar-refractivity contribution in [1.82, 2.24) is 5.32 Å². The molecule has 0 saturated carbocycles. The van der Waals surface area contributed by atoms with Gasteiger partial charge >= 0.3 is 12.1 Å². The molecule has 3 aromatic rings. The SMILES string of the molecule is CC(C)(C)c1ccc(-c2ccc(OCCCCCc3ccc(C(=O)NCCC(=O)O)cc3)cc2C(F)(F)F)cc1. The molecule has 2 N–H and O–H groups in total. The number of hydrogen-bond donors (Lipinski definition) is 2. The summed E-state index contributed by atoms with van der Waals surface area (Å²) in [6.45, 7) is 6.57. The summed E-state index contributed by atoms with van der Waals surface area (Å²) in [6.07, 6.45) is -1.45. The summed E-state index contributed by atoms with van der Waals surface area (Å²) in [6, 6.07) is 18.5. The maximum absolute atomic E-state index is 13.9. The third kappa shape index (κ3) is 9.14. The lowest BCUT2D eigenvalue weighted by Crippen LogP contribution is -2.25. The van der Waals surface area contributed by atoms with Crippen LogP contribution in [0.25, 0.3) is 11.1 Å². The summed E-state index contributed by atoms with van der Waals surface area (Å²) in [5.41, 5.74) is 2.42. The summed E-state index contributed by atoms with van der Waals surface area (Å²) in [7, 11) is 0. The molecule has 0 spiro atoms. The number of ether oxygens (including phenoxy) is 1. The Morgan fingerprint density at radius 1 is 0.875 bits per heavy atom. The molecule has 0 aliphatic rings. The molecule has 214 valence electrons. The van der Waals surface area contributed by atoms with Crippen molar-refractivity contribution in [3.63, 3.8) is 0 Å². The fourth-order valence-corrected chi connectivity index (χ4v) is 4.25. The van der Waals surface area contributed by atoms with Crippen molar-refractivity contribution in [2.24, 2.45) is 0 Å². The zero-order valence-corrected chi connectivity index (χ0v) is 23.1. The largest absolute Gasteiger partial charge is 0.494 e. The number of aliphatic carboxylic acids is 1. The molecule has 0 radical (unpaired) electrons. The number of carboxylic acid groups (broad SMARTS) is 1. The Hall–Kier alpha value is -3.81. The molecule has 0 aromatic heterocycles. The molecule has 0 aliphatic heterocycles. The highest BCUT2D eigenvalue weighted by Gasteiger charge is 2.34. The van der Waals surface area contributed by atoms with Crippen molar-refractivity contribution in [1.29, 1.82) is 0 Å². The van der Waals surface area contributed by atoms with E-state index in [0.717, 1.165) is 36.5 Å². The average Bonchev–Trinajstić information content (AvgIpc) is 2.89. The first-order valence-corrected chi connectivity index (χ1v) is 13.4. The monoisotopic (exact) mass is 555 g/mol. The fraction of sp³-hybridized carbons (Fsp3) is 0.375. The number of carbonyl (C=O) groups excluding carboxylic acids is 1. The summed E-state index contributed by atoms with van der Waals surface area (Å²) < 4.78 is 47.3. The van der Waals surface area contributed by atoms with Gasteiger partial charge in [0.15, 0.2) is 0 Å². The number of benzene rings is 3. The van der Waals surface area contributed by atoms with Crippen LogP contribution in [0.4, 0.5) is 13.2 Å². The third-order valence-electron chi connectivity index (χ3n) is 6.58. The number of alkyl halides is 3. The first-order valence-electron chi connectivity index (χ1n) is 13.4. The maximum atomic E-state index is 13.9. The van der Waals surface area contributed by atoms with Crippen molar-refractivity contribution >= 4 is 11.9 Å². The molecule has 0 fully saturated rings. The van der Waals surface area contributed by atoms with Gasteiger partial charge in [0, 0.05) is 12.1 Å². The van der Waals surface area contributed by atoms with Crippen molar-refractivity contribution in [3.8, 4) is 16.9 Å². The standard InChI is InChI=1S/C32H36F3NO4/c1-31(2,3)25-14-12-23(13-15-25)27-17-16-26(21-28(27)32(33,34)35)40-20-6-4-5-7-22-8-10-24(11-9-22)30(39)36-19-18-29(37)38/h8-17,21H,4-7,18-20H2,1-3H3,(H,36,39)(H,37,38). The first-order chi connectivity index (χ1) is 18.8. The highest BCUT2D eigenvalue weighted by molar-refractivity contribution is 5.94. The lowest BCUT2D eigenvalue weighted by Gasteiger charge is -2.20. The van der Waals surface area contributed by atoms with Crippen LogP contribution in [-0.2, 0) is 22.8 Å². The van der Waals surface area contributed by atoms with Crippen LogP contribution in [0.1, 0.15) is 73.5 Å². The van der Waals surface area contributed by atoms with Crippen molar-refractivity contribution in [2.45, 2.75) is 64.5 Å². The lowest BCUT2D eigenvalue weighted by molar-refractivity contribution is -0.137. The van der Waals surface area contributed by atoms with Crippen LogP contribution < -0.4 is 10.1 Å². The predicted molar refractivity (Wildman–Crippen MR) is 150 cm³/mol. The van der Waals surface area contributed by atoms with E-state index in [4.69, 9.17) is 9.84 Å². The Bertz CT molecular complexity index is 1280. The minimum atomic E-state index is -4.51. The Balaban J connectivity index is 1.48. The molecular weight excluding hydrogens is 519 g/mol. The fourth-order valence-electron chi connectivity index (χ4n) is 4.25. The molecule has 0 unspecified atom stereocenters. The van der Waals surface area contributed by atoms with E-state index in [9.17, 15) is 22.8 Å². The number of carboxylic acids is 1. The number of halogens is 3. The summed E-state index contributed by atoms with van der Waals surface area (Å²) >= 11 is 0. The van der Waals surface area contributed by atoms with Crippen LogP contribution in [0.2, 0.25) is 0 Å². The van der Waals surface area contributed by atoms with Crippen LogP contribution in [0.5, 0.6) is 5.75 Å². The second-order valence-corrected chi connectivity index (χ2v) is 10.8. The third-order valence-corrected chi connectivity index (χ3v) is 6.58. The number of amides is 1. The molecule has 0 aliphatic carbocycles. The van der Waals surface area contributed by atoms with E-state index in [2.05, 4.69) is 26.1 Å². The van der Waals surface area contributed by atoms with Crippen LogP contribution >= 0.6 is 0 Å². The molecule has 3 rings (SSSR count). The quantitative estimate of drug-likeness (QED) is 0.225. The number of hydrogen-bond acceptors (Lipinski definition) is 3. The van der Waals surface area contributed by atoms with Gasteiger partial charge in [0.1, 0.15) is 5.75 Å². The Labute approximate surface area is 233 Å². The number of nitrogens with one attached hydrogen (secondary N) is 1. The number of unbranched alkanes of at least 4 members (excludes halogenated alkanes) is 2. The van der Waals surface area contributed by atoms with E-state index in [0.29, 0.717) is 24.2 Å². The van der Waals surface area contributed by atoms with E-state index in [1.54, 1.807) is 30.3 Å². The predicted octanol–water partition coefficient (Wildman–Crippen LogP) is 7.67. The smallest absolute Gasteiger partial charge is 0.417 e. The zero-order valence-electron chi connectivity index (χ0n) is 23.1. The normalized spacial score (nSPS) is 11.8. The van der Waals surface area contributed by atoms with Gasteiger partial charge in [-0.1, -0.05) is 63.2 Å². The lowest BCUT2D eigenvalue weighted by atomic mass is 9.86. The maximum Gasteiger partial charge on any atom is 0.417 e. The van der Waals surface area contributed by atoms with Crippen molar-refractivity contribution in [3.05, 3.63) is 89.0 Å². The second-order valence-electron chi connectivity index (χ2n) is 10.8. The molecule has 0 saturated heterocycles. The molecule has 1 amide bonds. The number of aryl methyl sites for hydroxylation is 1. The molecule has 0 atom stereocenters. The zero-order chi connectivity index (χ0) is 29.3. The Morgan fingerprint density at radius 2 is 1.55 bits per heavy atom. The van der Waals surface area contributed by atoms with Crippen molar-refractivity contribution < 1.29 is 32.6 Å². The molecule has 0 bridgehead atoms. The topological polar surface area (TPSA) is 75.6 Å². The van der Waals surface area contributed by atoms with Gasteiger partial charge in [-0.05, 0) is 77.6 Å². The van der Waals surface area contributed by atoms with Crippen LogP contribution in [0, 0.1) is 0 Å². The van der Waals surface area contributed by atoms with Gasteiger partial charge in [0.25, 0.3) is 5.91 Å². The highest BCUT2D eigenvalue weighted by atomic mass is 19.4. The van der Waals surface area contributed by atoms with Gasteiger partial charge in [-0.2, -0.15) is 13.2 Å². The van der Waals surface area contributed by atoms with Gasteiger partial charge in [-0.15, -0.1) is 0 Å². The Morgan fingerprint density at radius 3 is 2.15 bits per heavy atom. The van der Waals surface area contributed by atoms with Crippen LogP contribution in [0.15, 0.2) is 66.7 Å². The van der Waals surface area contributed by atoms with Crippen LogP contribution in [0.3, 0.4) is 0 Å². The van der Waals surface area contributed by atoms with E-state index in [1.165, 1.54) is 6.07 Å². The first kappa shape index (κ1) is 30.7. The average molecular weight is 556 g/mol. The molecule has 5 nitrogen and oxygen atoms in total. The molecule has 3 aromatic carbocycles. The number of rotatable bonds is 12. The Kier molecular flexibility index (Phi) is 10.4. The van der Waals surface area contributed by atoms with Crippen LogP contribution in [-0.4, -0.2) is 30.1 Å². The van der Waals surface area contributed by atoms with E-state index in [-0.39, 0.29) is 35.6 Å². The van der Waals surface area contributed by atoms with E-state index >= 15 is 0 Å². The van der Waals surface area contributed by atoms with Gasteiger partial charge < -0.3 is 15.2 Å². The van der Waals surface area contributed by atoms with E-state index < -0.39 is 17.7 Å². The summed E-state index contributed by atoms with van der Waals surface area (Å²) in [5, 5.41) is 11.2. The highest BCUT2D eigenvalue weighted by Crippen LogP contribution is 2.39. The minimum absolute atomic E-state index is 0.0745. The van der Waals surface area contributed by atoms with E-state index in [1.807, 2.05) is 24.3 Å². The van der Waals surface area contributed by atoms with Gasteiger partial charge in [-0.3, -0.25) is 9.59 Å². The summed E-state index contributed by atoms with van der Waals surface area (Å²) in [5.74, 6) is -1.09. The summed E-state index contributed by atoms with van der Waals surface area (Å²) in [4.78, 5) is 22.6. The van der Waals surface area contributed by atoms with Crippen molar-refractivity contribution in [2.75, 3.05) is 13.2 Å². The minimum Gasteiger partial charge on any atom is -0.494 e. The second kappa shape index (κ2) is 13.5. The molecular formula is C32H36F3NO4. The van der Waals surface area contributed by atoms with Gasteiger partial charge in [-0.25, -0.2) is 0 Å².